The largest absolute Gasteiger partial charge is 0.310 e. The smallest absolute Gasteiger partial charge is 0.261 e. The number of anilines is 1. The number of halogens is 1. The number of carbonyl (C=O) groups is 1. The first-order chi connectivity index (χ1) is 12.6. The van der Waals surface area contributed by atoms with Crippen LogP contribution < -0.4 is 10.9 Å². The van der Waals surface area contributed by atoms with Crippen LogP contribution in [-0.4, -0.2) is 30.1 Å². The van der Waals surface area contributed by atoms with Crippen LogP contribution in [0.5, 0.6) is 0 Å². The van der Waals surface area contributed by atoms with Gasteiger partial charge in [-0.3, -0.25) is 14.2 Å². The van der Waals surface area contributed by atoms with Gasteiger partial charge < -0.3 is 5.32 Å². The second-order valence-corrected chi connectivity index (χ2v) is 6.55. The number of hydrogen-bond acceptors (Lipinski definition) is 5. The maximum Gasteiger partial charge on any atom is 0.261 e. The van der Waals surface area contributed by atoms with Crippen LogP contribution in [-0.2, 0) is 11.3 Å². The van der Waals surface area contributed by atoms with E-state index in [0.29, 0.717) is 22.4 Å². The Kier molecular flexibility index (Phi) is 4.21. The number of aromatic nitrogens is 5. The van der Waals surface area contributed by atoms with E-state index in [1.165, 1.54) is 10.9 Å². The standard InChI is InChI=1S/C17H13BrN6O2/c18-11-1-2-13-12(9-11)17(26)23(10-20-13)8-5-16(25)22-15-3-6-19-14-4-7-21-24(14)15/h1-4,6-7,9-10H,5,8H2,(H,22,25). The van der Waals surface area contributed by atoms with Crippen LogP contribution in [0.2, 0.25) is 0 Å². The number of amides is 1. The molecular weight excluding hydrogens is 400 g/mol. The molecule has 4 rings (SSSR count). The van der Waals surface area contributed by atoms with Gasteiger partial charge in [0.05, 0.1) is 23.4 Å². The van der Waals surface area contributed by atoms with E-state index < -0.39 is 0 Å². The van der Waals surface area contributed by atoms with Crippen LogP contribution >= 0.6 is 15.9 Å². The van der Waals surface area contributed by atoms with Crippen LogP contribution in [0.25, 0.3) is 16.6 Å². The summed E-state index contributed by atoms with van der Waals surface area (Å²) in [6.45, 7) is 0.230. The predicted octanol–water partition coefficient (Wildman–Crippen LogP) is 2.23. The normalized spacial score (nSPS) is 11.1. The highest BCUT2D eigenvalue weighted by Gasteiger charge is 2.09. The fourth-order valence-electron chi connectivity index (χ4n) is 2.65. The van der Waals surface area contributed by atoms with Crippen LogP contribution in [0.4, 0.5) is 5.82 Å². The van der Waals surface area contributed by atoms with Crippen molar-refractivity contribution >= 4 is 44.2 Å². The Balaban J connectivity index is 1.51. The van der Waals surface area contributed by atoms with Crippen molar-refractivity contribution in [2.24, 2.45) is 0 Å². The van der Waals surface area contributed by atoms with Crippen molar-refractivity contribution in [2.75, 3.05) is 5.32 Å². The number of fused-ring (bicyclic) bond motifs is 2. The first-order valence-electron chi connectivity index (χ1n) is 7.85. The summed E-state index contributed by atoms with van der Waals surface area (Å²) in [5, 5.41) is 7.41. The third-order valence-electron chi connectivity index (χ3n) is 3.92. The van der Waals surface area contributed by atoms with Crippen molar-refractivity contribution in [2.45, 2.75) is 13.0 Å². The molecule has 0 spiro atoms. The van der Waals surface area contributed by atoms with E-state index in [9.17, 15) is 9.59 Å². The van der Waals surface area contributed by atoms with Gasteiger partial charge in [-0.05, 0) is 24.3 Å². The Morgan fingerprint density at radius 1 is 1.15 bits per heavy atom. The topological polar surface area (TPSA) is 94.2 Å². The number of hydrogen-bond donors (Lipinski definition) is 1. The Bertz CT molecular complexity index is 1180. The first-order valence-corrected chi connectivity index (χ1v) is 8.64. The Morgan fingerprint density at radius 3 is 2.92 bits per heavy atom. The van der Waals surface area contributed by atoms with E-state index in [2.05, 4.69) is 36.3 Å². The average Bonchev–Trinajstić information content (AvgIpc) is 3.11. The molecule has 0 atom stereocenters. The molecule has 3 aromatic heterocycles. The van der Waals surface area contributed by atoms with Gasteiger partial charge in [-0.1, -0.05) is 15.9 Å². The summed E-state index contributed by atoms with van der Waals surface area (Å²) in [5.74, 6) is 0.298. The zero-order valence-corrected chi connectivity index (χ0v) is 15.0. The van der Waals surface area contributed by atoms with Gasteiger partial charge >= 0.3 is 0 Å². The van der Waals surface area contributed by atoms with Gasteiger partial charge in [0, 0.05) is 29.7 Å². The number of rotatable bonds is 4. The minimum Gasteiger partial charge on any atom is -0.310 e. The van der Waals surface area contributed by atoms with E-state index >= 15 is 0 Å². The van der Waals surface area contributed by atoms with Crippen LogP contribution in [0.15, 0.2) is 58.3 Å². The van der Waals surface area contributed by atoms with Gasteiger partial charge in [0.15, 0.2) is 5.65 Å². The highest BCUT2D eigenvalue weighted by molar-refractivity contribution is 9.10. The molecule has 130 valence electrons. The molecule has 0 aliphatic carbocycles. The van der Waals surface area contributed by atoms with Crippen molar-refractivity contribution in [1.82, 2.24) is 24.1 Å². The molecule has 1 aromatic carbocycles. The minimum atomic E-state index is -0.228. The molecule has 9 heteroatoms. The number of aryl methyl sites for hydroxylation is 1. The van der Waals surface area contributed by atoms with E-state index in [1.54, 1.807) is 41.2 Å². The summed E-state index contributed by atoms with van der Waals surface area (Å²) in [5.41, 5.74) is 1.09. The second kappa shape index (κ2) is 6.68. The lowest BCUT2D eigenvalue weighted by Gasteiger charge is -2.09. The summed E-state index contributed by atoms with van der Waals surface area (Å²) >= 11 is 3.35. The molecule has 0 unspecified atom stereocenters. The first kappa shape index (κ1) is 16.4. The van der Waals surface area contributed by atoms with Gasteiger partial charge in [-0.15, -0.1) is 0 Å². The summed E-state index contributed by atoms with van der Waals surface area (Å²) in [6, 6.07) is 8.74. The molecule has 1 N–H and O–H groups in total. The molecule has 3 heterocycles. The summed E-state index contributed by atoms with van der Waals surface area (Å²) < 4.78 is 3.78. The molecule has 0 radical (unpaired) electrons. The van der Waals surface area contributed by atoms with Gasteiger partial charge in [0.25, 0.3) is 5.56 Å². The molecule has 0 saturated heterocycles. The van der Waals surface area contributed by atoms with Crippen LogP contribution in [0.1, 0.15) is 6.42 Å². The predicted molar refractivity (Wildman–Crippen MR) is 99.9 cm³/mol. The van der Waals surface area contributed by atoms with Crippen molar-refractivity contribution in [3.8, 4) is 0 Å². The van der Waals surface area contributed by atoms with Crippen molar-refractivity contribution in [3.05, 3.63) is 63.9 Å². The highest BCUT2D eigenvalue weighted by atomic mass is 79.9. The molecule has 0 bridgehead atoms. The van der Waals surface area contributed by atoms with Crippen molar-refractivity contribution in [1.29, 1.82) is 0 Å². The minimum absolute atomic E-state index is 0.131. The van der Waals surface area contributed by atoms with E-state index in [-0.39, 0.29) is 24.4 Å². The van der Waals surface area contributed by atoms with Crippen molar-refractivity contribution in [3.63, 3.8) is 0 Å². The molecule has 0 saturated carbocycles. The quantitative estimate of drug-likeness (QED) is 0.554. The molecule has 4 aromatic rings. The third kappa shape index (κ3) is 3.08. The van der Waals surface area contributed by atoms with E-state index in [1.807, 2.05) is 6.07 Å². The number of carbonyl (C=O) groups excluding carboxylic acids is 1. The monoisotopic (exact) mass is 412 g/mol. The maximum atomic E-state index is 12.5. The van der Waals surface area contributed by atoms with Crippen LogP contribution in [0.3, 0.4) is 0 Å². The Labute approximate surface area is 155 Å². The lowest BCUT2D eigenvalue weighted by Crippen LogP contribution is -2.24. The average molecular weight is 413 g/mol. The van der Waals surface area contributed by atoms with Crippen molar-refractivity contribution < 1.29 is 4.79 Å². The zero-order chi connectivity index (χ0) is 18.1. The highest BCUT2D eigenvalue weighted by Crippen LogP contribution is 2.15. The second-order valence-electron chi connectivity index (χ2n) is 5.63. The molecule has 1 amide bonds. The van der Waals surface area contributed by atoms with E-state index in [4.69, 9.17) is 0 Å². The maximum absolute atomic E-state index is 12.5. The molecule has 0 aliphatic rings. The van der Waals surface area contributed by atoms with Crippen LogP contribution in [0, 0.1) is 0 Å². The van der Waals surface area contributed by atoms with Gasteiger partial charge in [0.1, 0.15) is 5.82 Å². The molecule has 26 heavy (non-hydrogen) atoms. The van der Waals surface area contributed by atoms with Gasteiger partial charge in [-0.25, -0.2) is 9.97 Å². The number of nitrogens with one attached hydrogen (secondary N) is 1. The van der Waals surface area contributed by atoms with E-state index in [0.717, 1.165) is 4.47 Å². The van der Waals surface area contributed by atoms with Gasteiger partial charge in [-0.2, -0.15) is 9.61 Å². The fraction of sp³-hybridized carbons (Fsp3) is 0.118. The number of nitrogens with zero attached hydrogens (tertiary/aromatic N) is 5. The Morgan fingerprint density at radius 2 is 2.04 bits per heavy atom. The zero-order valence-electron chi connectivity index (χ0n) is 13.5. The molecule has 0 fully saturated rings. The number of benzene rings is 1. The SMILES string of the molecule is O=C(CCn1cnc2ccc(Br)cc2c1=O)Nc1ccnc2ccnn12. The lowest BCUT2D eigenvalue weighted by molar-refractivity contribution is -0.116. The molecular formula is C17H13BrN6O2. The Hall–Kier alpha value is -3.07. The third-order valence-corrected chi connectivity index (χ3v) is 4.42. The fourth-order valence-corrected chi connectivity index (χ4v) is 3.01. The summed E-state index contributed by atoms with van der Waals surface area (Å²) in [4.78, 5) is 33.2. The molecule has 8 nitrogen and oxygen atoms in total. The lowest BCUT2D eigenvalue weighted by atomic mass is 10.2. The molecule has 0 aliphatic heterocycles. The van der Waals surface area contributed by atoms with Gasteiger partial charge in [0.2, 0.25) is 5.91 Å². The summed E-state index contributed by atoms with van der Waals surface area (Å²) in [7, 11) is 0. The summed E-state index contributed by atoms with van der Waals surface area (Å²) in [6.07, 6.45) is 4.80.